The van der Waals surface area contributed by atoms with Gasteiger partial charge < -0.3 is 10.1 Å². The fourth-order valence-electron chi connectivity index (χ4n) is 2.56. The van der Waals surface area contributed by atoms with Gasteiger partial charge in [-0.2, -0.15) is 0 Å². The summed E-state index contributed by atoms with van der Waals surface area (Å²) in [5.41, 5.74) is 0.115. The lowest BCUT2D eigenvalue weighted by Crippen LogP contribution is -2.36. The first kappa shape index (κ1) is 15.0. The van der Waals surface area contributed by atoms with Gasteiger partial charge in [0.05, 0.1) is 7.11 Å². The monoisotopic (exact) mass is 296 g/mol. The molecule has 20 heavy (non-hydrogen) atoms. The van der Waals surface area contributed by atoms with Crippen molar-refractivity contribution in [2.24, 2.45) is 0 Å². The molecular formula is C14H20N2O3S. The Hall–Kier alpha value is -1.43. The highest BCUT2D eigenvalue weighted by Crippen LogP contribution is 2.33. The first-order valence-corrected chi connectivity index (χ1v) is 7.65. The van der Waals surface area contributed by atoms with E-state index in [2.05, 4.69) is 22.0 Å². The van der Waals surface area contributed by atoms with Crippen LogP contribution in [0.4, 0.5) is 5.13 Å². The van der Waals surface area contributed by atoms with Crippen LogP contribution in [0.3, 0.4) is 0 Å². The lowest BCUT2D eigenvalue weighted by molar-refractivity contribution is 0.0591. The SMILES string of the molecule is COC(=O)c1nc(NC2(C)CCCCC2)sc1C(C)=O. The third-order valence-electron chi connectivity index (χ3n) is 3.69. The summed E-state index contributed by atoms with van der Waals surface area (Å²) in [5.74, 6) is -0.724. The maximum absolute atomic E-state index is 11.7. The summed E-state index contributed by atoms with van der Waals surface area (Å²) in [5, 5.41) is 4.02. The van der Waals surface area contributed by atoms with Crippen LogP contribution in [0.1, 0.15) is 66.1 Å². The number of carbonyl (C=O) groups is 2. The van der Waals surface area contributed by atoms with Crippen LogP contribution in [-0.4, -0.2) is 29.4 Å². The van der Waals surface area contributed by atoms with Crippen molar-refractivity contribution in [3.8, 4) is 0 Å². The second kappa shape index (κ2) is 5.91. The van der Waals surface area contributed by atoms with Gasteiger partial charge in [-0.25, -0.2) is 9.78 Å². The second-order valence-corrected chi connectivity index (χ2v) is 6.49. The van der Waals surface area contributed by atoms with Crippen LogP contribution in [-0.2, 0) is 4.74 Å². The first-order valence-electron chi connectivity index (χ1n) is 6.83. The predicted octanol–water partition coefficient (Wildman–Crippen LogP) is 3.27. The molecule has 0 unspecified atom stereocenters. The van der Waals surface area contributed by atoms with Gasteiger partial charge in [-0.05, 0) is 19.8 Å². The topological polar surface area (TPSA) is 68.3 Å². The second-order valence-electron chi connectivity index (χ2n) is 5.49. The van der Waals surface area contributed by atoms with Crippen molar-refractivity contribution >= 4 is 28.2 Å². The van der Waals surface area contributed by atoms with Gasteiger partial charge in [-0.15, -0.1) is 0 Å². The van der Waals surface area contributed by atoms with Crippen molar-refractivity contribution in [2.45, 2.75) is 51.5 Å². The Labute approximate surface area is 122 Å². The molecule has 0 spiro atoms. The maximum Gasteiger partial charge on any atom is 0.358 e. The highest BCUT2D eigenvalue weighted by atomic mass is 32.1. The van der Waals surface area contributed by atoms with Crippen molar-refractivity contribution in [1.82, 2.24) is 4.98 Å². The zero-order valence-electron chi connectivity index (χ0n) is 12.1. The van der Waals surface area contributed by atoms with Gasteiger partial charge in [-0.1, -0.05) is 30.6 Å². The Morgan fingerprint density at radius 2 is 1.95 bits per heavy atom. The molecule has 1 aromatic rings. The number of hydrogen-bond donors (Lipinski definition) is 1. The van der Waals surface area contributed by atoms with Gasteiger partial charge in [0.25, 0.3) is 0 Å². The minimum Gasteiger partial charge on any atom is -0.464 e. The number of methoxy groups -OCH3 is 1. The van der Waals surface area contributed by atoms with Crippen LogP contribution in [0.15, 0.2) is 0 Å². The van der Waals surface area contributed by atoms with Gasteiger partial charge in [0.15, 0.2) is 16.6 Å². The molecule has 2 rings (SSSR count). The number of carbonyl (C=O) groups excluding carboxylic acids is 2. The zero-order chi connectivity index (χ0) is 14.8. The molecule has 110 valence electrons. The standard InChI is InChI=1S/C14H20N2O3S/c1-9(17)11-10(12(18)19-3)15-13(20-11)16-14(2)7-5-4-6-8-14/h4-8H2,1-3H3,(H,15,16). The molecule has 5 nitrogen and oxygen atoms in total. The Morgan fingerprint density at radius 3 is 2.50 bits per heavy atom. The molecule has 0 aromatic carbocycles. The lowest BCUT2D eigenvalue weighted by atomic mass is 9.83. The number of rotatable bonds is 4. The summed E-state index contributed by atoms with van der Waals surface area (Å²) in [7, 11) is 1.29. The number of esters is 1. The summed E-state index contributed by atoms with van der Waals surface area (Å²) in [6.07, 6.45) is 5.81. The van der Waals surface area contributed by atoms with E-state index in [9.17, 15) is 9.59 Å². The zero-order valence-corrected chi connectivity index (χ0v) is 12.9. The Morgan fingerprint density at radius 1 is 1.30 bits per heavy atom. The van der Waals surface area contributed by atoms with Crippen LogP contribution in [0.5, 0.6) is 0 Å². The molecule has 0 saturated heterocycles. The fraction of sp³-hybridized carbons (Fsp3) is 0.643. The van der Waals surface area contributed by atoms with E-state index in [0.717, 1.165) is 12.8 Å². The molecule has 1 aliphatic carbocycles. The van der Waals surface area contributed by atoms with Gasteiger partial charge >= 0.3 is 5.97 Å². The molecule has 1 aliphatic rings. The molecule has 1 heterocycles. The van der Waals surface area contributed by atoms with E-state index < -0.39 is 5.97 Å². The van der Waals surface area contributed by atoms with Crippen LogP contribution in [0.2, 0.25) is 0 Å². The molecule has 1 N–H and O–H groups in total. The minimum absolute atomic E-state index is 0.00243. The van der Waals surface area contributed by atoms with Gasteiger partial charge in [0, 0.05) is 12.5 Å². The number of ether oxygens (including phenoxy) is 1. The van der Waals surface area contributed by atoms with E-state index in [4.69, 9.17) is 0 Å². The van der Waals surface area contributed by atoms with E-state index in [1.54, 1.807) is 0 Å². The van der Waals surface area contributed by atoms with Gasteiger partial charge in [-0.3, -0.25) is 4.79 Å². The van der Waals surface area contributed by atoms with E-state index in [0.29, 0.717) is 10.0 Å². The molecule has 0 radical (unpaired) electrons. The van der Waals surface area contributed by atoms with Crippen LogP contribution >= 0.6 is 11.3 Å². The highest BCUT2D eigenvalue weighted by Gasteiger charge is 2.29. The third kappa shape index (κ3) is 3.17. The summed E-state index contributed by atoms with van der Waals surface area (Å²) in [6.45, 7) is 3.60. The van der Waals surface area contributed by atoms with Gasteiger partial charge in [0.1, 0.15) is 4.88 Å². The van der Waals surface area contributed by atoms with E-state index >= 15 is 0 Å². The molecular weight excluding hydrogens is 276 g/mol. The number of hydrogen-bond acceptors (Lipinski definition) is 6. The van der Waals surface area contributed by atoms with E-state index in [1.165, 1.54) is 44.6 Å². The van der Waals surface area contributed by atoms with Crippen molar-refractivity contribution in [2.75, 3.05) is 12.4 Å². The summed E-state index contributed by atoms with van der Waals surface area (Å²) >= 11 is 1.23. The maximum atomic E-state index is 11.7. The first-order chi connectivity index (χ1) is 9.45. The normalized spacial score (nSPS) is 17.6. The van der Waals surface area contributed by atoms with Crippen LogP contribution in [0, 0.1) is 0 Å². The fourth-order valence-corrected chi connectivity index (χ4v) is 3.56. The summed E-state index contributed by atoms with van der Waals surface area (Å²) < 4.78 is 4.68. The number of ketones is 1. The molecule has 0 atom stereocenters. The van der Waals surface area contributed by atoms with Crippen LogP contribution < -0.4 is 5.32 Å². The highest BCUT2D eigenvalue weighted by molar-refractivity contribution is 7.17. The van der Waals surface area contributed by atoms with Crippen molar-refractivity contribution < 1.29 is 14.3 Å². The lowest BCUT2D eigenvalue weighted by Gasteiger charge is -2.34. The Bertz CT molecular complexity index is 518. The average Bonchev–Trinajstić information content (AvgIpc) is 2.82. The summed E-state index contributed by atoms with van der Waals surface area (Å²) in [4.78, 5) is 27.9. The quantitative estimate of drug-likeness (QED) is 0.682. The van der Waals surface area contributed by atoms with E-state index in [1.807, 2.05) is 0 Å². The Kier molecular flexibility index (Phi) is 4.42. The Balaban J connectivity index is 2.24. The number of Topliss-reactive ketones (excluding diaryl/α,β-unsaturated/α-hetero) is 1. The molecule has 1 aromatic heterocycles. The van der Waals surface area contributed by atoms with Crippen LogP contribution in [0.25, 0.3) is 0 Å². The molecule has 0 amide bonds. The number of thiazole rings is 1. The largest absolute Gasteiger partial charge is 0.464 e. The van der Waals surface area contributed by atoms with Gasteiger partial charge in [0.2, 0.25) is 0 Å². The van der Waals surface area contributed by atoms with Crippen molar-refractivity contribution in [1.29, 1.82) is 0 Å². The minimum atomic E-state index is -0.562. The summed E-state index contributed by atoms with van der Waals surface area (Å²) in [6, 6.07) is 0. The number of aromatic nitrogens is 1. The average molecular weight is 296 g/mol. The molecule has 1 fully saturated rings. The number of anilines is 1. The van der Waals surface area contributed by atoms with Crippen molar-refractivity contribution in [3.63, 3.8) is 0 Å². The number of nitrogens with zero attached hydrogens (tertiary/aromatic N) is 1. The molecule has 6 heteroatoms. The van der Waals surface area contributed by atoms with E-state index in [-0.39, 0.29) is 17.0 Å². The third-order valence-corrected chi connectivity index (χ3v) is 4.76. The van der Waals surface area contributed by atoms with Crippen molar-refractivity contribution in [3.05, 3.63) is 10.6 Å². The molecule has 0 bridgehead atoms. The molecule has 1 saturated carbocycles. The number of nitrogens with one attached hydrogen (secondary N) is 1. The smallest absolute Gasteiger partial charge is 0.358 e. The predicted molar refractivity (Wildman–Crippen MR) is 78.6 cm³/mol. The molecule has 0 aliphatic heterocycles.